The number of nitrogens with one attached hydrogen (secondary N) is 2. The first-order valence-electron chi connectivity index (χ1n) is 10.2. The largest absolute Gasteiger partial charge is 0.433 e. The van der Waals surface area contributed by atoms with Crippen LogP contribution in [0.1, 0.15) is 54.0 Å². The first-order valence-corrected chi connectivity index (χ1v) is 10.2. The lowest BCUT2D eigenvalue weighted by Crippen LogP contribution is -2.27. The molecule has 1 aliphatic heterocycles. The Labute approximate surface area is 188 Å². The van der Waals surface area contributed by atoms with E-state index in [-0.39, 0.29) is 28.9 Å². The molecule has 1 aromatic carbocycles. The Balaban J connectivity index is 1.88. The lowest BCUT2D eigenvalue weighted by atomic mass is 9.94. The van der Waals surface area contributed by atoms with Crippen molar-refractivity contribution in [2.75, 3.05) is 17.6 Å². The van der Waals surface area contributed by atoms with Crippen LogP contribution in [0.4, 0.5) is 24.5 Å². The number of nitrogens with two attached hydrogens (primary N) is 1. The van der Waals surface area contributed by atoms with E-state index in [1.54, 1.807) is 0 Å². The molecule has 1 aliphatic rings. The minimum Gasteiger partial charge on any atom is -0.398 e. The van der Waals surface area contributed by atoms with E-state index >= 15 is 0 Å². The molecule has 33 heavy (non-hydrogen) atoms. The second-order valence-electron chi connectivity index (χ2n) is 8.24. The van der Waals surface area contributed by atoms with Crippen LogP contribution in [0.5, 0.6) is 0 Å². The summed E-state index contributed by atoms with van der Waals surface area (Å²) in [6.45, 7) is 3.31. The van der Waals surface area contributed by atoms with E-state index in [1.165, 1.54) is 32.2 Å². The summed E-state index contributed by atoms with van der Waals surface area (Å²) in [6, 6.07) is 5.88. The average Bonchev–Trinajstić information content (AvgIpc) is 3.13. The van der Waals surface area contributed by atoms with E-state index in [1.807, 2.05) is 0 Å². The molecule has 11 heteroatoms. The fourth-order valence-electron chi connectivity index (χ4n) is 3.35. The number of carbonyl (C=O) groups excluding carboxylic acids is 2. The number of anilines is 2. The van der Waals surface area contributed by atoms with Gasteiger partial charge < -0.3 is 21.5 Å². The van der Waals surface area contributed by atoms with Gasteiger partial charge >= 0.3 is 6.18 Å². The van der Waals surface area contributed by atoms with Crippen LogP contribution >= 0.6 is 0 Å². The van der Waals surface area contributed by atoms with Crippen LogP contribution in [-0.4, -0.2) is 40.7 Å². The van der Waals surface area contributed by atoms with Crippen LogP contribution in [0.25, 0.3) is 0 Å². The molecule has 1 saturated heterocycles. The number of halogens is 3. The smallest absolute Gasteiger partial charge is 0.398 e. The van der Waals surface area contributed by atoms with Gasteiger partial charge in [0.15, 0.2) is 0 Å². The molecule has 1 fully saturated rings. The number of hydrogen-bond donors (Lipinski definition) is 4. The topological polar surface area (TPSA) is 130 Å². The van der Waals surface area contributed by atoms with Crippen LogP contribution in [0.3, 0.4) is 0 Å². The lowest BCUT2D eigenvalue weighted by Gasteiger charge is -2.23. The Kier molecular flexibility index (Phi) is 6.73. The van der Waals surface area contributed by atoms with Crippen molar-refractivity contribution in [1.82, 2.24) is 10.3 Å². The predicted octanol–water partition coefficient (Wildman–Crippen LogP) is 2.86. The average molecular weight is 463 g/mol. The molecule has 0 radical (unpaired) electrons. The molecule has 0 spiro atoms. The quantitative estimate of drug-likeness (QED) is 0.387. The van der Waals surface area contributed by atoms with Gasteiger partial charge in [-0.3, -0.25) is 14.6 Å². The van der Waals surface area contributed by atoms with Crippen molar-refractivity contribution in [3.8, 4) is 0 Å². The van der Waals surface area contributed by atoms with E-state index in [4.69, 9.17) is 5.73 Å². The maximum Gasteiger partial charge on any atom is 0.433 e. The molecule has 2 heterocycles. The third kappa shape index (κ3) is 6.07. The van der Waals surface area contributed by atoms with Gasteiger partial charge in [0.25, 0.3) is 5.91 Å². The van der Waals surface area contributed by atoms with E-state index < -0.39 is 29.1 Å². The first-order chi connectivity index (χ1) is 15.3. The van der Waals surface area contributed by atoms with Crippen molar-refractivity contribution < 1.29 is 27.9 Å². The summed E-state index contributed by atoms with van der Waals surface area (Å²) in [6.07, 6.45) is -2.10. The van der Waals surface area contributed by atoms with Crippen LogP contribution in [0, 0.1) is 0 Å². The zero-order chi connectivity index (χ0) is 24.4. The lowest BCUT2D eigenvalue weighted by molar-refractivity contribution is -0.141. The third-order valence-corrected chi connectivity index (χ3v) is 5.04. The summed E-state index contributed by atoms with van der Waals surface area (Å²) in [5, 5.41) is 15.8. The van der Waals surface area contributed by atoms with E-state index in [9.17, 15) is 27.9 Å². The van der Waals surface area contributed by atoms with Gasteiger partial charge in [0.1, 0.15) is 11.4 Å². The number of carbonyl (C=O) groups is 2. The van der Waals surface area contributed by atoms with Crippen molar-refractivity contribution in [2.45, 2.75) is 44.5 Å². The van der Waals surface area contributed by atoms with Gasteiger partial charge in [0.05, 0.1) is 12.1 Å². The van der Waals surface area contributed by atoms with E-state index in [0.717, 1.165) is 18.2 Å². The zero-order valence-corrected chi connectivity index (χ0v) is 18.0. The van der Waals surface area contributed by atoms with Crippen molar-refractivity contribution in [3.63, 3.8) is 0 Å². The van der Waals surface area contributed by atoms with Gasteiger partial charge in [0, 0.05) is 41.2 Å². The Bertz CT molecular complexity index is 1090. The van der Waals surface area contributed by atoms with Gasteiger partial charge in [-0.1, -0.05) is 6.07 Å². The first kappa shape index (κ1) is 24.2. The highest BCUT2D eigenvalue weighted by atomic mass is 19.4. The summed E-state index contributed by atoms with van der Waals surface area (Å²) < 4.78 is 38.8. The molecule has 1 aromatic heterocycles. The number of alkyl halides is 3. The number of pyridine rings is 1. The second-order valence-corrected chi connectivity index (χ2v) is 8.24. The normalized spacial score (nSPS) is 16.8. The Hall–Kier alpha value is -3.47. The third-order valence-electron chi connectivity index (χ3n) is 5.04. The molecule has 5 N–H and O–H groups in total. The van der Waals surface area contributed by atoms with Crippen molar-refractivity contribution >= 4 is 29.4 Å². The van der Waals surface area contributed by atoms with Gasteiger partial charge in [-0.2, -0.15) is 13.2 Å². The molecule has 1 atom stereocenters. The Morgan fingerprint density at radius 3 is 2.70 bits per heavy atom. The fourth-order valence-corrected chi connectivity index (χ4v) is 3.35. The van der Waals surface area contributed by atoms with Crippen molar-refractivity contribution in [2.24, 2.45) is 4.99 Å². The molecule has 0 bridgehead atoms. The highest BCUT2D eigenvalue weighted by Gasteiger charge is 2.33. The van der Waals surface area contributed by atoms with E-state index in [2.05, 4.69) is 20.6 Å². The summed E-state index contributed by atoms with van der Waals surface area (Å²) in [7, 11) is 0. The summed E-state index contributed by atoms with van der Waals surface area (Å²) in [4.78, 5) is 31.6. The number of aromatic nitrogens is 1. The second kappa shape index (κ2) is 9.18. The molecule has 1 unspecified atom stereocenters. The monoisotopic (exact) mass is 463 g/mol. The number of benzene rings is 1. The summed E-state index contributed by atoms with van der Waals surface area (Å²) >= 11 is 0. The highest BCUT2D eigenvalue weighted by Crippen LogP contribution is 2.32. The number of nitrogens with zero attached hydrogens (tertiary/aromatic N) is 2. The molecular formula is C22H24F3N5O3. The minimum atomic E-state index is -4.70. The van der Waals surface area contributed by atoms with Crippen LogP contribution in [0.15, 0.2) is 35.3 Å². The van der Waals surface area contributed by atoms with Crippen LogP contribution in [0.2, 0.25) is 0 Å². The maximum absolute atomic E-state index is 12.9. The fraction of sp³-hybridized carbons (Fsp3) is 0.364. The molecule has 2 amide bonds. The molecule has 2 aromatic rings. The summed E-state index contributed by atoms with van der Waals surface area (Å²) in [5.74, 6) is -0.912. The molecular weight excluding hydrogens is 439 g/mol. The molecule has 8 nitrogen and oxygen atoms in total. The van der Waals surface area contributed by atoms with Gasteiger partial charge in [-0.25, -0.2) is 4.98 Å². The van der Waals surface area contributed by atoms with Gasteiger partial charge in [0.2, 0.25) is 5.91 Å². The summed E-state index contributed by atoms with van der Waals surface area (Å²) in [5.41, 5.74) is 4.17. The SMILES string of the molecule is CC(C)(O)c1cc(N)c(C=NCC2CCC(=O)N2)cc1NC(=O)c1cccc(C(F)(F)F)n1. The van der Waals surface area contributed by atoms with Crippen molar-refractivity contribution in [3.05, 3.63) is 52.8 Å². The maximum atomic E-state index is 12.9. The number of rotatable bonds is 6. The van der Waals surface area contributed by atoms with E-state index in [0.29, 0.717) is 24.9 Å². The number of amides is 2. The predicted molar refractivity (Wildman–Crippen MR) is 117 cm³/mol. The zero-order valence-electron chi connectivity index (χ0n) is 18.0. The molecule has 0 saturated carbocycles. The number of aliphatic hydroxyl groups is 1. The van der Waals surface area contributed by atoms with Crippen molar-refractivity contribution in [1.29, 1.82) is 0 Å². The molecule has 0 aliphatic carbocycles. The molecule has 176 valence electrons. The number of nitrogen functional groups attached to an aromatic ring is 1. The minimum absolute atomic E-state index is 0.0301. The van der Waals surface area contributed by atoms with Crippen LogP contribution < -0.4 is 16.4 Å². The highest BCUT2D eigenvalue weighted by molar-refractivity contribution is 6.04. The van der Waals surface area contributed by atoms with Gasteiger partial charge in [-0.15, -0.1) is 0 Å². The number of hydrogen-bond acceptors (Lipinski definition) is 6. The Morgan fingerprint density at radius 2 is 2.09 bits per heavy atom. The standard InChI is InChI=1S/C22H24F3N5O3/c1-21(2,33)14-9-15(26)12(10-27-11-13-6-7-19(31)28-13)8-17(14)30-20(32)16-4-3-5-18(29-16)22(23,24)25/h3-5,8-10,13,33H,6-7,11,26H2,1-2H3,(H,28,31)(H,30,32). The van der Waals surface area contributed by atoms with Crippen LogP contribution in [-0.2, 0) is 16.6 Å². The molecule has 3 rings (SSSR count). The Morgan fingerprint density at radius 1 is 1.36 bits per heavy atom. The van der Waals surface area contributed by atoms with Gasteiger partial charge in [-0.05, 0) is 44.5 Å². The number of aliphatic imine (C=N–C) groups is 1.